The Morgan fingerprint density at radius 2 is 1.74 bits per heavy atom. The van der Waals surface area contributed by atoms with Crippen LogP contribution in [0.25, 0.3) is 0 Å². The molecule has 0 aliphatic carbocycles. The van der Waals surface area contributed by atoms with E-state index >= 15 is 0 Å². The molecule has 1 aromatic rings. The Kier molecular flexibility index (Phi) is 8.12. The van der Waals surface area contributed by atoms with Gasteiger partial charge in [0, 0.05) is 5.56 Å². The van der Waals surface area contributed by atoms with E-state index in [1.807, 2.05) is 0 Å². The Labute approximate surface area is 131 Å². The maximum absolute atomic E-state index is 13.7. The van der Waals surface area contributed by atoms with Crippen LogP contribution in [0.2, 0.25) is 0 Å². The van der Waals surface area contributed by atoms with Crippen molar-refractivity contribution in [1.29, 1.82) is 0 Å². The third-order valence-corrected chi connectivity index (χ3v) is 2.62. The van der Waals surface area contributed by atoms with Gasteiger partial charge in [-0.2, -0.15) is 0 Å². The first-order chi connectivity index (χ1) is 8.40. The van der Waals surface area contributed by atoms with Gasteiger partial charge in [-0.1, -0.05) is 19.8 Å². The summed E-state index contributed by atoms with van der Waals surface area (Å²) in [4.78, 5) is 0. The van der Waals surface area contributed by atoms with E-state index in [4.69, 9.17) is 0 Å². The number of hydrogen-bond donors (Lipinski definition) is 1. The molecule has 1 rings (SSSR count). The minimum absolute atomic E-state index is 0. The minimum Gasteiger partial charge on any atom is -1.00 e. The van der Waals surface area contributed by atoms with Crippen LogP contribution < -0.4 is 29.6 Å². The predicted molar refractivity (Wildman–Crippen MR) is 56.8 cm³/mol. The Hall–Kier alpha value is -0.170. The van der Waals surface area contributed by atoms with Gasteiger partial charge in [0.2, 0.25) is 0 Å². The first-order valence-electron chi connectivity index (χ1n) is 5.55. The van der Waals surface area contributed by atoms with Gasteiger partial charge in [0.15, 0.2) is 29.4 Å². The smallest absolute Gasteiger partial charge is 1.00 e. The van der Waals surface area contributed by atoms with Crippen molar-refractivity contribution >= 4 is 0 Å². The van der Waals surface area contributed by atoms with Gasteiger partial charge in [0.25, 0.3) is 0 Å². The van der Waals surface area contributed by atoms with E-state index in [-0.39, 0.29) is 43.5 Å². The first-order valence-corrected chi connectivity index (χ1v) is 5.55. The molecule has 2 unspecified atom stereocenters. The Bertz CT molecular complexity index is 433. The van der Waals surface area contributed by atoms with Gasteiger partial charge in [-0.05, 0) is 12.5 Å². The summed E-state index contributed by atoms with van der Waals surface area (Å²) in [5.74, 6) is -7.56. The van der Waals surface area contributed by atoms with E-state index in [9.17, 15) is 27.1 Å². The van der Waals surface area contributed by atoms with Crippen LogP contribution in [0.1, 0.15) is 39.3 Å². The molecule has 0 saturated heterocycles. The summed E-state index contributed by atoms with van der Waals surface area (Å²) in [6.07, 6.45) is -2.68. The van der Waals surface area contributed by atoms with Crippen molar-refractivity contribution in [2.45, 2.75) is 38.5 Å². The van der Waals surface area contributed by atoms with Crippen LogP contribution in [-0.2, 0) is 0 Å². The zero-order chi connectivity index (χ0) is 13.9. The van der Waals surface area contributed by atoms with Crippen LogP contribution in [-0.4, -0.2) is 11.2 Å². The van der Waals surface area contributed by atoms with Crippen LogP contribution >= 0.6 is 0 Å². The van der Waals surface area contributed by atoms with E-state index < -0.39 is 41.1 Å². The van der Waals surface area contributed by atoms with E-state index in [2.05, 4.69) is 0 Å². The number of unbranched alkanes of at least 4 members (excludes halogenated alkanes) is 1. The first kappa shape index (κ1) is 18.8. The van der Waals surface area contributed by atoms with Gasteiger partial charge in [-0.25, -0.2) is 22.0 Å². The van der Waals surface area contributed by atoms with Gasteiger partial charge in [0.05, 0.1) is 6.10 Å². The number of alkyl halides is 1. The second-order valence-electron chi connectivity index (χ2n) is 4.00. The fraction of sp³-hybridized carbons (Fsp3) is 0.500. The molecule has 0 amide bonds. The third kappa shape index (κ3) is 4.41. The van der Waals surface area contributed by atoms with Gasteiger partial charge in [0.1, 0.15) is 0 Å². The van der Waals surface area contributed by atoms with Crippen molar-refractivity contribution in [3.05, 3.63) is 34.9 Å². The van der Waals surface area contributed by atoms with Gasteiger partial charge in [-0.15, -0.1) is 0 Å². The molecule has 0 bridgehead atoms. The van der Waals surface area contributed by atoms with Gasteiger partial charge in [-0.3, -0.25) is 0 Å². The number of hydrogen-bond acceptors (Lipinski definition) is 1. The van der Waals surface area contributed by atoms with Crippen molar-refractivity contribution < 1.29 is 58.0 Å². The molecule has 2 atom stereocenters. The predicted octanol–water partition coefficient (Wildman–Crippen LogP) is 0.921. The molecule has 0 spiro atoms. The average molecular weight is 292 g/mol. The monoisotopic (exact) mass is 292 g/mol. The number of benzene rings is 1. The summed E-state index contributed by atoms with van der Waals surface area (Å²) in [6, 6.07) is 0.230. The number of aliphatic hydroxyl groups excluding tert-OH is 1. The van der Waals surface area contributed by atoms with Crippen LogP contribution in [0.5, 0.6) is 0 Å². The Balaban J connectivity index is 0. The average Bonchev–Trinajstić information content (AvgIpc) is 2.36. The van der Waals surface area contributed by atoms with Crippen LogP contribution in [0.15, 0.2) is 6.07 Å². The molecular formula is C12H14F5NaO. The van der Waals surface area contributed by atoms with E-state index in [0.717, 1.165) is 0 Å². The molecule has 19 heavy (non-hydrogen) atoms. The number of halogens is 5. The molecule has 0 fully saturated rings. The van der Waals surface area contributed by atoms with Crippen LogP contribution in [0, 0.1) is 23.3 Å². The van der Waals surface area contributed by atoms with E-state index in [1.54, 1.807) is 6.92 Å². The minimum atomic E-state index is -2.29. The normalized spacial score (nSPS) is 13.8. The number of rotatable bonds is 5. The molecule has 1 nitrogen and oxygen atoms in total. The third-order valence-electron chi connectivity index (χ3n) is 2.62. The summed E-state index contributed by atoms with van der Waals surface area (Å²) >= 11 is 0. The SMILES string of the molecule is CCCCC(O)C(F)c1cc(F)c(F)c(F)c1F.[H-].[Na+]. The van der Waals surface area contributed by atoms with Gasteiger partial charge >= 0.3 is 29.6 Å². The van der Waals surface area contributed by atoms with E-state index in [1.165, 1.54) is 0 Å². The van der Waals surface area contributed by atoms with Gasteiger partial charge < -0.3 is 6.53 Å². The summed E-state index contributed by atoms with van der Waals surface area (Å²) in [6.45, 7) is 1.80. The van der Waals surface area contributed by atoms with E-state index in [0.29, 0.717) is 12.8 Å². The zero-order valence-corrected chi connectivity index (χ0v) is 12.7. The molecule has 0 aromatic heterocycles. The van der Waals surface area contributed by atoms with Crippen LogP contribution in [0.4, 0.5) is 22.0 Å². The molecule has 0 radical (unpaired) electrons. The quantitative estimate of drug-likeness (QED) is 0.370. The second-order valence-corrected chi connectivity index (χ2v) is 4.00. The molecule has 1 aromatic carbocycles. The topological polar surface area (TPSA) is 20.2 Å². The molecule has 1 N–H and O–H groups in total. The summed E-state index contributed by atoms with van der Waals surface area (Å²) in [7, 11) is 0. The zero-order valence-electron chi connectivity index (χ0n) is 11.7. The van der Waals surface area contributed by atoms with Crippen molar-refractivity contribution in [2.24, 2.45) is 0 Å². The molecular weight excluding hydrogens is 278 g/mol. The molecule has 0 saturated carbocycles. The summed E-state index contributed by atoms with van der Waals surface area (Å²) < 4.78 is 65.3. The second kappa shape index (κ2) is 8.19. The van der Waals surface area contributed by atoms with Crippen molar-refractivity contribution in [3.63, 3.8) is 0 Å². The van der Waals surface area contributed by atoms with Crippen molar-refractivity contribution in [1.82, 2.24) is 0 Å². The Morgan fingerprint density at radius 3 is 2.26 bits per heavy atom. The molecule has 104 valence electrons. The summed E-state index contributed by atoms with van der Waals surface area (Å²) in [5.41, 5.74) is -1.00. The summed E-state index contributed by atoms with van der Waals surface area (Å²) in [5, 5.41) is 9.40. The van der Waals surface area contributed by atoms with Crippen molar-refractivity contribution in [2.75, 3.05) is 0 Å². The molecule has 0 heterocycles. The van der Waals surface area contributed by atoms with Crippen molar-refractivity contribution in [3.8, 4) is 0 Å². The molecule has 0 aliphatic heterocycles. The maximum Gasteiger partial charge on any atom is 1.00 e. The fourth-order valence-electron chi connectivity index (χ4n) is 1.56. The number of aliphatic hydroxyl groups is 1. The molecule has 7 heteroatoms. The van der Waals surface area contributed by atoms with Crippen LogP contribution in [0.3, 0.4) is 0 Å². The maximum atomic E-state index is 13.7. The molecule has 0 aliphatic rings. The Morgan fingerprint density at radius 1 is 1.16 bits per heavy atom. The largest absolute Gasteiger partial charge is 1.00 e. The standard InChI is InChI=1S/C12H13F5O.Na.H/c1-2-3-4-8(18)9(14)6-5-7(13)11(16)12(17)10(6)15;;/h5,8-9,18H,2-4H2,1H3;;/q;+1;-1. The fourth-order valence-corrected chi connectivity index (χ4v) is 1.56.